The SMILES string of the molecule is Cc1nc(SC(C)C(=O)Nc2ccc3c(c2)OCCO3)nc(C)c1C. The molecule has 0 spiro atoms. The van der Waals surface area contributed by atoms with E-state index in [1.807, 2.05) is 27.7 Å². The molecule has 1 aromatic carbocycles. The molecule has 1 unspecified atom stereocenters. The van der Waals surface area contributed by atoms with Crippen molar-refractivity contribution in [2.24, 2.45) is 0 Å². The summed E-state index contributed by atoms with van der Waals surface area (Å²) in [5.41, 5.74) is 3.64. The first-order chi connectivity index (χ1) is 11.9. The lowest BCUT2D eigenvalue weighted by Crippen LogP contribution is -2.23. The standard InChI is InChI=1S/C18H21N3O3S/c1-10-11(2)19-18(20-12(10)3)25-13(4)17(22)21-14-5-6-15-16(9-14)24-8-7-23-15/h5-6,9,13H,7-8H2,1-4H3,(H,21,22). The summed E-state index contributed by atoms with van der Waals surface area (Å²) in [4.78, 5) is 21.4. The van der Waals surface area contributed by atoms with Crippen molar-refractivity contribution in [1.29, 1.82) is 0 Å². The van der Waals surface area contributed by atoms with Crippen LogP contribution in [0.4, 0.5) is 5.69 Å². The highest BCUT2D eigenvalue weighted by Crippen LogP contribution is 2.33. The van der Waals surface area contributed by atoms with Crippen molar-refractivity contribution in [3.8, 4) is 11.5 Å². The Labute approximate surface area is 151 Å². The molecule has 25 heavy (non-hydrogen) atoms. The third-order valence-corrected chi connectivity index (χ3v) is 5.03. The molecule has 0 saturated heterocycles. The second-order valence-electron chi connectivity index (χ2n) is 5.91. The number of amides is 1. The quantitative estimate of drug-likeness (QED) is 0.667. The highest BCUT2D eigenvalue weighted by molar-refractivity contribution is 8.00. The summed E-state index contributed by atoms with van der Waals surface area (Å²) in [5, 5.41) is 3.19. The summed E-state index contributed by atoms with van der Waals surface area (Å²) in [6, 6.07) is 5.39. The summed E-state index contributed by atoms with van der Waals surface area (Å²) < 4.78 is 11.0. The molecule has 1 atom stereocenters. The van der Waals surface area contributed by atoms with Gasteiger partial charge in [-0.05, 0) is 45.4 Å². The van der Waals surface area contributed by atoms with Crippen molar-refractivity contribution < 1.29 is 14.3 Å². The van der Waals surface area contributed by atoms with Gasteiger partial charge in [-0.2, -0.15) is 0 Å². The number of benzene rings is 1. The average Bonchev–Trinajstić information content (AvgIpc) is 2.59. The molecular weight excluding hydrogens is 338 g/mol. The summed E-state index contributed by atoms with van der Waals surface area (Å²) in [5.74, 6) is 1.24. The van der Waals surface area contributed by atoms with Crippen LogP contribution in [0.3, 0.4) is 0 Å². The van der Waals surface area contributed by atoms with E-state index >= 15 is 0 Å². The lowest BCUT2D eigenvalue weighted by Gasteiger charge is -2.19. The third-order valence-electron chi connectivity index (χ3n) is 4.07. The number of nitrogens with one attached hydrogen (secondary N) is 1. The van der Waals surface area contributed by atoms with Crippen molar-refractivity contribution >= 4 is 23.4 Å². The van der Waals surface area contributed by atoms with Crippen molar-refractivity contribution in [1.82, 2.24) is 9.97 Å². The minimum Gasteiger partial charge on any atom is -0.486 e. The van der Waals surface area contributed by atoms with Crippen LogP contribution in [0.5, 0.6) is 11.5 Å². The Hall–Kier alpha value is -2.28. The second kappa shape index (κ2) is 7.31. The summed E-state index contributed by atoms with van der Waals surface area (Å²) in [6.45, 7) is 8.80. The largest absolute Gasteiger partial charge is 0.486 e. The van der Waals surface area contributed by atoms with Crippen LogP contribution in [0, 0.1) is 20.8 Å². The number of hydrogen-bond acceptors (Lipinski definition) is 6. The van der Waals surface area contributed by atoms with Crippen LogP contribution < -0.4 is 14.8 Å². The molecule has 6 nitrogen and oxygen atoms in total. The molecule has 2 heterocycles. The second-order valence-corrected chi connectivity index (χ2v) is 7.22. The van der Waals surface area contributed by atoms with Gasteiger partial charge in [-0.25, -0.2) is 9.97 Å². The van der Waals surface area contributed by atoms with E-state index in [2.05, 4.69) is 15.3 Å². The maximum absolute atomic E-state index is 12.5. The van der Waals surface area contributed by atoms with Crippen LogP contribution in [-0.2, 0) is 4.79 Å². The monoisotopic (exact) mass is 359 g/mol. The normalized spacial score (nSPS) is 14.1. The van der Waals surface area contributed by atoms with Gasteiger partial charge in [0.25, 0.3) is 0 Å². The highest BCUT2D eigenvalue weighted by atomic mass is 32.2. The molecule has 1 aliphatic heterocycles. The van der Waals surface area contributed by atoms with Gasteiger partial charge in [-0.3, -0.25) is 4.79 Å². The number of nitrogens with zero attached hydrogens (tertiary/aromatic N) is 2. The zero-order valence-electron chi connectivity index (χ0n) is 14.8. The van der Waals surface area contributed by atoms with E-state index in [1.165, 1.54) is 11.8 Å². The van der Waals surface area contributed by atoms with Gasteiger partial charge in [0.1, 0.15) is 13.2 Å². The van der Waals surface area contributed by atoms with E-state index in [1.54, 1.807) is 18.2 Å². The van der Waals surface area contributed by atoms with E-state index in [-0.39, 0.29) is 11.2 Å². The first kappa shape index (κ1) is 17.5. The summed E-state index contributed by atoms with van der Waals surface area (Å²) in [6.07, 6.45) is 0. The molecule has 1 N–H and O–H groups in total. The summed E-state index contributed by atoms with van der Waals surface area (Å²) >= 11 is 1.35. The van der Waals surface area contributed by atoms with Gasteiger partial charge in [-0.15, -0.1) is 0 Å². The zero-order chi connectivity index (χ0) is 18.0. The van der Waals surface area contributed by atoms with Gasteiger partial charge >= 0.3 is 0 Å². The van der Waals surface area contributed by atoms with Crippen LogP contribution in [0.25, 0.3) is 0 Å². The number of carbonyl (C=O) groups excluding carboxylic acids is 1. The maximum atomic E-state index is 12.5. The van der Waals surface area contributed by atoms with Gasteiger partial charge < -0.3 is 14.8 Å². The first-order valence-electron chi connectivity index (χ1n) is 8.13. The zero-order valence-corrected chi connectivity index (χ0v) is 15.6. The van der Waals surface area contributed by atoms with E-state index in [4.69, 9.17) is 9.47 Å². The fourth-order valence-electron chi connectivity index (χ4n) is 2.37. The predicted octanol–water partition coefficient (Wildman–Crippen LogP) is 3.29. The molecule has 7 heteroatoms. The number of carbonyl (C=O) groups is 1. The number of aromatic nitrogens is 2. The first-order valence-corrected chi connectivity index (χ1v) is 9.01. The third kappa shape index (κ3) is 4.04. The molecule has 0 bridgehead atoms. The van der Waals surface area contributed by atoms with E-state index < -0.39 is 0 Å². The van der Waals surface area contributed by atoms with E-state index in [9.17, 15) is 4.79 Å². The Morgan fingerprint density at radius 1 is 1.12 bits per heavy atom. The molecule has 1 amide bonds. The molecule has 3 rings (SSSR count). The smallest absolute Gasteiger partial charge is 0.237 e. The van der Waals surface area contributed by atoms with Gasteiger partial charge in [-0.1, -0.05) is 11.8 Å². The number of thioether (sulfide) groups is 1. The number of fused-ring (bicyclic) bond motifs is 1. The number of rotatable bonds is 4. The van der Waals surface area contributed by atoms with Gasteiger partial charge in [0, 0.05) is 23.1 Å². The van der Waals surface area contributed by atoms with Gasteiger partial charge in [0.15, 0.2) is 16.7 Å². The lowest BCUT2D eigenvalue weighted by atomic mass is 10.2. The molecule has 132 valence electrons. The van der Waals surface area contributed by atoms with Crippen molar-refractivity contribution in [2.75, 3.05) is 18.5 Å². The van der Waals surface area contributed by atoms with Crippen LogP contribution in [0.2, 0.25) is 0 Å². The molecule has 2 aromatic rings. The lowest BCUT2D eigenvalue weighted by molar-refractivity contribution is -0.115. The Morgan fingerprint density at radius 3 is 2.44 bits per heavy atom. The highest BCUT2D eigenvalue weighted by Gasteiger charge is 2.19. The number of ether oxygens (including phenoxy) is 2. The van der Waals surface area contributed by atoms with Gasteiger partial charge in [0.05, 0.1) is 5.25 Å². The maximum Gasteiger partial charge on any atom is 0.237 e. The molecule has 0 fully saturated rings. The minimum atomic E-state index is -0.324. The molecular formula is C18H21N3O3S. The molecule has 1 aliphatic rings. The molecule has 1 aromatic heterocycles. The Morgan fingerprint density at radius 2 is 1.76 bits per heavy atom. The van der Waals surface area contributed by atoms with Crippen molar-refractivity contribution in [3.05, 3.63) is 35.2 Å². The fourth-order valence-corrected chi connectivity index (χ4v) is 3.23. The topological polar surface area (TPSA) is 73.3 Å². The summed E-state index contributed by atoms with van der Waals surface area (Å²) in [7, 11) is 0. The van der Waals surface area contributed by atoms with Crippen molar-refractivity contribution in [3.63, 3.8) is 0 Å². The van der Waals surface area contributed by atoms with Gasteiger partial charge in [0.2, 0.25) is 5.91 Å². The Bertz CT molecular complexity index is 787. The average molecular weight is 359 g/mol. The Balaban J connectivity index is 1.67. The fraction of sp³-hybridized carbons (Fsp3) is 0.389. The number of anilines is 1. The van der Waals surface area contributed by atoms with Crippen molar-refractivity contribution in [2.45, 2.75) is 38.1 Å². The van der Waals surface area contributed by atoms with E-state index in [0.717, 1.165) is 17.0 Å². The Kier molecular flexibility index (Phi) is 5.13. The van der Waals surface area contributed by atoms with Crippen LogP contribution in [0.1, 0.15) is 23.9 Å². The van der Waals surface area contributed by atoms with Crippen LogP contribution in [-0.4, -0.2) is 34.3 Å². The van der Waals surface area contributed by atoms with Crippen LogP contribution >= 0.6 is 11.8 Å². The molecule has 0 saturated carbocycles. The predicted molar refractivity (Wildman–Crippen MR) is 97.6 cm³/mol. The molecule has 0 radical (unpaired) electrons. The molecule has 0 aliphatic carbocycles. The van der Waals surface area contributed by atoms with E-state index in [0.29, 0.717) is 35.6 Å². The number of hydrogen-bond donors (Lipinski definition) is 1. The number of aryl methyl sites for hydroxylation is 2. The minimum absolute atomic E-state index is 0.110. The van der Waals surface area contributed by atoms with Crippen LogP contribution in [0.15, 0.2) is 23.4 Å².